The Morgan fingerprint density at radius 1 is 0.287 bits per heavy atom. The van der Waals surface area contributed by atoms with Crippen molar-refractivity contribution in [2.45, 2.75) is 183 Å². The zero-order chi connectivity index (χ0) is 58.8. The molecule has 1 aliphatic carbocycles. The molecule has 4 aromatic rings. The number of hydrogen-bond acceptors (Lipinski definition) is 16. The summed E-state index contributed by atoms with van der Waals surface area (Å²) in [6.07, 6.45) is 5.17. The molecule has 4 aromatic carbocycles. The lowest BCUT2D eigenvalue weighted by Crippen LogP contribution is -2.16. The fourth-order valence-corrected chi connectivity index (χ4v) is 11.3. The molecule has 0 aromatic heterocycles. The molecule has 1 aliphatic rings. The molecule has 12 N–H and O–H groups in total. The van der Waals surface area contributed by atoms with Crippen molar-refractivity contribution < 1.29 is 80.2 Å². The summed E-state index contributed by atoms with van der Waals surface area (Å²) in [6.45, 7) is 15.7. The summed E-state index contributed by atoms with van der Waals surface area (Å²) in [5, 5.41) is 141. The molecule has 16 nitrogen and oxygen atoms in total. The van der Waals surface area contributed by atoms with Crippen molar-refractivity contribution in [3.8, 4) is 46.0 Å². The maximum atomic E-state index is 12.8. The number of ether oxygens (including phenoxy) is 4. The molecule has 8 bridgehead atoms. The lowest BCUT2D eigenvalue weighted by Gasteiger charge is -2.33. The van der Waals surface area contributed by atoms with Crippen LogP contribution in [0, 0.1) is 23.7 Å². The third-order valence-electron chi connectivity index (χ3n) is 15.3. The highest BCUT2D eigenvalue weighted by Gasteiger charge is 2.38. The first-order valence-electron chi connectivity index (χ1n) is 29.3. The summed E-state index contributed by atoms with van der Waals surface area (Å²) in [6, 6.07) is 6.91. The summed E-state index contributed by atoms with van der Waals surface area (Å²) in [5.41, 5.74) is 2.83. The molecule has 0 radical (unpaired) electrons. The quantitative estimate of drug-likeness (QED) is 0.0203. The second-order valence-corrected chi connectivity index (χ2v) is 23.6. The van der Waals surface area contributed by atoms with Gasteiger partial charge in [0.15, 0.2) is 0 Å². The number of aliphatic hydroxyl groups excluding tert-OH is 4. The van der Waals surface area contributed by atoms with Gasteiger partial charge in [-0.25, -0.2) is 0 Å². The highest BCUT2D eigenvalue weighted by atomic mass is 16.5. The van der Waals surface area contributed by atoms with E-state index in [2.05, 4.69) is 0 Å². The maximum absolute atomic E-state index is 12.8. The van der Waals surface area contributed by atoms with Gasteiger partial charge >= 0.3 is 0 Å². The van der Waals surface area contributed by atoms with E-state index in [1.165, 1.54) is 0 Å². The van der Waals surface area contributed by atoms with Crippen LogP contribution in [0.3, 0.4) is 0 Å². The minimum Gasteiger partial charge on any atom is -0.507 e. The largest absolute Gasteiger partial charge is 0.507 e. The van der Waals surface area contributed by atoms with Gasteiger partial charge in [-0.3, -0.25) is 0 Å². The standard InChI is InChI=1S/C64H96O16/c1-37(2)25-41-45-29-47(59(71)53(57(45)69)33-77-21-13-9-17-65)42(26-38(3)4)49-31-51(63(75)55(61(49)73)35-79-23-15-11-19-67)44(28-40(7)8)52-32-50(62(74)56(64(52)76)36-80-24-16-12-20-68)43(27-39(5)6)48-30-46(41)58(70)54(60(48)72)34-78-22-14-10-18-66/h29-32,37-44,65-76H,9-28,33-36H2,1-8H3. The molecule has 0 spiro atoms. The van der Waals surface area contributed by atoms with Crippen LogP contribution in [0.5, 0.6) is 46.0 Å². The Kier molecular flexibility index (Phi) is 26.3. The van der Waals surface area contributed by atoms with E-state index in [1.54, 1.807) is 24.3 Å². The van der Waals surface area contributed by atoms with Crippen molar-refractivity contribution in [1.29, 1.82) is 0 Å². The summed E-state index contributed by atoms with van der Waals surface area (Å²) in [4.78, 5) is 0. The normalized spacial score (nSPS) is 16.5. The first kappa shape index (κ1) is 65.8. The average Bonchev–Trinajstić information content (AvgIpc) is 3.47. The minimum atomic E-state index is -0.851. The second kappa shape index (κ2) is 32.0. The van der Waals surface area contributed by atoms with Crippen LogP contribution < -0.4 is 0 Å². The molecular weight excluding hydrogens is 1020 g/mol. The molecule has 448 valence electrons. The SMILES string of the molecule is CC(C)CC1c2cc(c(O)c(COCCCCO)c2O)C(CC(C)C)c2cc(c(O)c(COCCCCO)c2O)C(CC(C)C)c2cc(c(O)c(COCCCCO)c2O)C(CC(C)C)c2cc1c(O)c(COCCCCO)c2O. The minimum absolute atomic E-state index is 0.0449. The predicted molar refractivity (Wildman–Crippen MR) is 308 cm³/mol. The molecule has 0 fully saturated rings. The molecule has 0 amide bonds. The number of aromatic hydroxyl groups is 8. The first-order chi connectivity index (χ1) is 38.2. The monoisotopic (exact) mass is 1120 g/mol. The number of phenols is 8. The molecule has 0 atom stereocenters. The second-order valence-electron chi connectivity index (χ2n) is 23.6. The van der Waals surface area contributed by atoms with Crippen LogP contribution in [-0.4, -0.2) is 114 Å². The van der Waals surface area contributed by atoms with Crippen LogP contribution in [0.4, 0.5) is 0 Å². The van der Waals surface area contributed by atoms with Gasteiger partial charge in [0.05, 0.1) is 48.7 Å². The molecule has 80 heavy (non-hydrogen) atoms. The highest BCUT2D eigenvalue weighted by molar-refractivity contribution is 5.67. The van der Waals surface area contributed by atoms with Crippen molar-refractivity contribution >= 4 is 0 Å². The zero-order valence-corrected chi connectivity index (χ0v) is 48.9. The molecule has 16 heteroatoms. The Bertz CT molecular complexity index is 2110. The van der Waals surface area contributed by atoms with E-state index in [9.17, 15) is 61.3 Å². The summed E-state index contributed by atoms with van der Waals surface area (Å²) >= 11 is 0. The van der Waals surface area contributed by atoms with Gasteiger partial charge in [-0.15, -0.1) is 0 Å². The Labute approximate surface area is 474 Å². The van der Waals surface area contributed by atoms with Crippen molar-refractivity contribution in [3.63, 3.8) is 0 Å². The topological polar surface area (TPSA) is 280 Å². The Balaban J connectivity index is 2.11. The van der Waals surface area contributed by atoms with Crippen molar-refractivity contribution in [2.75, 3.05) is 52.9 Å². The number of phenolic OH excluding ortho intramolecular Hbond substituents is 8. The van der Waals surface area contributed by atoms with Crippen molar-refractivity contribution in [2.24, 2.45) is 23.7 Å². The number of aliphatic hydroxyl groups is 4. The Morgan fingerprint density at radius 2 is 0.450 bits per heavy atom. The average molecular weight is 1120 g/mol. The van der Waals surface area contributed by atoms with Gasteiger partial charge in [-0.05, 0) is 125 Å². The summed E-state index contributed by atoms with van der Waals surface area (Å²) < 4.78 is 24.6. The third kappa shape index (κ3) is 16.6. The van der Waals surface area contributed by atoms with Gasteiger partial charge in [0.25, 0.3) is 0 Å². The number of fused-ring (bicyclic) bond motifs is 8. The molecule has 5 rings (SSSR count). The van der Waals surface area contributed by atoms with Crippen molar-refractivity contribution in [1.82, 2.24) is 0 Å². The number of hydrogen-bond donors (Lipinski definition) is 12. The lowest BCUT2D eigenvalue weighted by atomic mass is 9.73. The molecular formula is C64H96O16. The van der Waals surface area contributed by atoms with Gasteiger partial charge in [0, 0.05) is 121 Å². The van der Waals surface area contributed by atoms with E-state index in [-0.39, 0.29) is 171 Å². The molecule has 0 saturated carbocycles. The van der Waals surface area contributed by atoms with Crippen LogP contribution in [0.2, 0.25) is 0 Å². The van der Waals surface area contributed by atoms with E-state index >= 15 is 0 Å². The van der Waals surface area contributed by atoms with Gasteiger partial charge in [0.1, 0.15) is 46.0 Å². The number of unbranched alkanes of at least 4 members (excludes halogenated alkanes) is 4. The van der Waals surface area contributed by atoms with Crippen molar-refractivity contribution in [3.05, 3.63) is 91.0 Å². The van der Waals surface area contributed by atoms with Crippen LogP contribution in [0.15, 0.2) is 24.3 Å². The van der Waals surface area contributed by atoms with Gasteiger partial charge in [0.2, 0.25) is 0 Å². The van der Waals surface area contributed by atoms with Gasteiger partial charge in [-0.1, -0.05) is 55.4 Å². The van der Waals surface area contributed by atoms with E-state index in [0.717, 1.165) is 0 Å². The van der Waals surface area contributed by atoms with Gasteiger partial charge < -0.3 is 80.2 Å². The Morgan fingerprint density at radius 3 is 0.588 bits per heavy atom. The lowest BCUT2D eigenvalue weighted by molar-refractivity contribution is 0.109. The van der Waals surface area contributed by atoms with Crippen LogP contribution in [0.1, 0.15) is 223 Å². The smallest absolute Gasteiger partial charge is 0.128 e. The van der Waals surface area contributed by atoms with Gasteiger partial charge in [-0.2, -0.15) is 0 Å². The van der Waals surface area contributed by atoms with E-state index in [4.69, 9.17) is 18.9 Å². The maximum Gasteiger partial charge on any atom is 0.128 e. The summed E-state index contributed by atoms with van der Waals surface area (Å²) in [7, 11) is 0. The van der Waals surface area contributed by atoms with E-state index in [0.29, 0.717) is 122 Å². The fraction of sp³-hybridized carbons (Fsp3) is 0.625. The molecule has 0 saturated heterocycles. The fourth-order valence-electron chi connectivity index (χ4n) is 11.3. The summed E-state index contributed by atoms with van der Waals surface area (Å²) in [5.74, 6) is -6.02. The van der Waals surface area contributed by atoms with E-state index < -0.39 is 23.7 Å². The Hall–Kier alpha value is -5.04. The van der Waals surface area contributed by atoms with Crippen LogP contribution >= 0.6 is 0 Å². The third-order valence-corrected chi connectivity index (χ3v) is 15.3. The van der Waals surface area contributed by atoms with Crippen LogP contribution in [0.25, 0.3) is 0 Å². The van der Waals surface area contributed by atoms with E-state index in [1.807, 2.05) is 55.4 Å². The number of benzene rings is 4. The zero-order valence-electron chi connectivity index (χ0n) is 48.9. The van der Waals surface area contributed by atoms with Crippen LogP contribution in [-0.2, 0) is 45.4 Å². The number of rotatable bonds is 32. The highest BCUT2D eigenvalue weighted by Crippen LogP contribution is 2.56. The predicted octanol–water partition coefficient (Wildman–Crippen LogP) is 11.5. The molecule has 0 heterocycles. The molecule has 0 unspecified atom stereocenters. The molecule has 0 aliphatic heterocycles. The first-order valence-corrected chi connectivity index (χ1v) is 29.3.